The van der Waals surface area contributed by atoms with E-state index in [1.165, 1.54) is 6.08 Å². The first-order valence-electron chi connectivity index (χ1n) is 10.0. The number of benzene rings is 2. The second-order valence-electron chi connectivity index (χ2n) is 7.21. The summed E-state index contributed by atoms with van der Waals surface area (Å²) in [6, 6.07) is 13.2. The Kier molecular flexibility index (Phi) is 6.54. The number of allylic oxidation sites excluding steroid dienone is 1. The van der Waals surface area contributed by atoms with Crippen LogP contribution in [0.15, 0.2) is 67.0 Å². The smallest absolute Gasteiger partial charge is 0.373 e. The summed E-state index contributed by atoms with van der Waals surface area (Å²) in [4.78, 5) is 12.4. The minimum atomic E-state index is -0.635. The quantitative estimate of drug-likeness (QED) is 0.512. The van der Waals surface area contributed by atoms with Crippen molar-refractivity contribution >= 4 is 5.97 Å². The minimum Gasteiger partial charge on any atom is -0.458 e. The van der Waals surface area contributed by atoms with Crippen LogP contribution in [0.3, 0.4) is 0 Å². The van der Waals surface area contributed by atoms with Crippen molar-refractivity contribution < 1.29 is 33.6 Å². The molecule has 0 aromatic heterocycles. The average Bonchev–Trinajstić information content (AvgIpc) is 3.29. The number of aliphatic hydroxyl groups is 1. The summed E-state index contributed by atoms with van der Waals surface area (Å²) in [6.45, 7) is 4.15. The summed E-state index contributed by atoms with van der Waals surface area (Å²) < 4.78 is 27.8. The number of esters is 1. The summed E-state index contributed by atoms with van der Waals surface area (Å²) in [7, 11) is 0. The molecule has 2 aliphatic rings. The van der Waals surface area contributed by atoms with Gasteiger partial charge in [-0.15, -0.1) is 0 Å². The van der Waals surface area contributed by atoms with Gasteiger partial charge in [-0.05, 0) is 34.9 Å². The summed E-state index contributed by atoms with van der Waals surface area (Å²) in [5.41, 5.74) is 2.73. The van der Waals surface area contributed by atoms with E-state index in [0.717, 1.165) is 16.7 Å². The number of hydrogen-bond acceptors (Lipinski definition) is 7. The van der Waals surface area contributed by atoms with Crippen molar-refractivity contribution in [2.75, 3.05) is 13.4 Å². The van der Waals surface area contributed by atoms with Gasteiger partial charge >= 0.3 is 5.97 Å². The van der Waals surface area contributed by atoms with Crippen LogP contribution >= 0.6 is 0 Å². The van der Waals surface area contributed by atoms with Crippen molar-refractivity contribution in [3.8, 4) is 11.5 Å². The van der Waals surface area contributed by atoms with Gasteiger partial charge in [0, 0.05) is 12.3 Å². The maximum absolute atomic E-state index is 12.4. The Balaban J connectivity index is 1.50. The number of carbonyl (C=O) groups is 1. The number of fused-ring (bicyclic) bond motifs is 1. The molecule has 2 aromatic carbocycles. The highest BCUT2D eigenvalue weighted by molar-refractivity contribution is 5.86. The highest BCUT2D eigenvalue weighted by Gasteiger charge is 2.30. The lowest BCUT2D eigenvalue weighted by Gasteiger charge is -2.29. The molecule has 4 rings (SSSR count). The lowest BCUT2D eigenvalue weighted by atomic mass is 9.92. The van der Waals surface area contributed by atoms with Crippen molar-refractivity contribution in [2.24, 2.45) is 0 Å². The van der Waals surface area contributed by atoms with Crippen LogP contribution in [0.4, 0.5) is 0 Å². The molecular formula is C24H24O7. The third-order valence-electron chi connectivity index (χ3n) is 5.06. The van der Waals surface area contributed by atoms with E-state index in [-0.39, 0.29) is 31.7 Å². The Hall–Kier alpha value is -3.29. The zero-order chi connectivity index (χ0) is 21.6. The van der Waals surface area contributed by atoms with Gasteiger partial charge in [0.2, 0.25) is 18.8 Å². The van der Waals surface area contributed by atoms with Gasteiger partial charge in [-0.25, -0.2) is 4.79 Å². The van der Waals surface area contributed by atoms with E-state index >= 15 is 0 Å². The fourth-order valence-corrected chi connectivity index (χ4v) is 3.42. The molecule has 2 heterocycles. The highest BCUT2D eigenvalue weighted by atomic mass is 16.7. The third-order valence-corrected chi connectivity index (χ3v) is 5.06. The average molecular weight is 424 g/mol. The zero-order valence-electron chi connectivity index (χ0n) is 17.0. The molecule has 2 unspecified atom stereocenters. The van der Waals surface area contributed by atoms with E-state index in [1.54, 1.807) is 6.08 Å². The molecular weight excluding hydrogens is 400 g/mol. The topological polar surface area (TPSA) is 83.5 Å². The van der Waals surface area contributed by atoms with Gasteiger partial charge in [-0.2, -0.15) is 0 Å². The first kappa shape index (κ1) is 21.0. The molecule has 2 aliphatic heterocycles. The molecule has 0 saturated heterocycles. The van der Waals surface area contributed by atoms with Crippen molar-refractivity contribution in [1.82, 2.24) is 0 Å². The molecule has 7 heteroatoms. The van der Waals surface area contributed by atoms with Crippen molar-refractivity contribution in [3.05, 3.63) is 83.6 Å². The number of rotatable bonds is 8. The molecule has 0 saturated carbocycles. The van der Waals surface area contributed by atoms with Crippen LogP contribution in [0.25, 0.3) is 0 Å². The van der Waals surface area contributed by atoms with E-state index in [4.69, 9.17) is 23.7 Å². The van der Waals surface area contributed by atoms with E-state index in [0.29, 0.717) is 24.5 Å². The second-order valence-corrected chi connectivity index (χ2v) is 7.21. The predicted octanol–water partition coefficient (Wildman–Crippen LogP) is 3.57. The first-order chi connectivity index (χ1) is 15.2. The number of carbonyl (C=O) groups excluding carboxylic acids is 1. The normalized spacial score (nSPS) is 19.3. The highest BCUT2D eigenvalue weighted by Crippen LogP contribution is 2.38. The van der Waals surface area contributed by atoms with Crippen molar-refractivity contribution in [3.63, 3.8) is 0 Å². The molecule has 7 nitrogen and oxygen atoms in total. The largest absolute Gasteiger partial charge is 0.458 e. The van der Waals surface area contributed by atoms with Gasteiger partial charge in [-0.1, -0.05) is 43.0 Å². The van der Waals surface area contributed by atoms with Gasteiger partial charge < -0.3 is 28.8 Å². The Morgan fingerprint density at radius 1 is 1.13 bits per heavy atom. The number of hydrogen-bond donors (Lipinski definition) is 1. The molecule has 1 N–H and O–H groups in total. The first-order valence-corrected chi connectivity index (χ1v) is 10.0. The zero-order valence-corrected chi connectivity index (χ0v) is 17.0. The van der Waals surface area contributed by atoms with E-state index in [2.05, 4.69) is 6.58 Å². The van der Waals surface area contributed by atoms with E-state index in [1.807, 2.05) is 42.5 Å². The van der Waals surface area contributed by atoms with Crippen LogP contribution in [0.2, 0.25) is 0 Å². The van der Waals surface area contributed by atoms with Crippen LogP contribution in [0.1, 0.15) is 29.0 Å². The summed E-state index contributed by atoms with van der Waals surface area (Å²) >= 11 is 0. The molecule has 0 bridgehead atoms. The van der Waals surface area contributed by atoms with Crippen LogP contribution in [-0.2, 0) is 32.2 Å². The Labute approximate surface area is 180 Å². The lowest BCUT2D eigenvalue weighted by molar-refractivity contribution is -0.163. The van der Waals surface area contributed by atoms with Gasteiger partial charge in [0.05, 0.1) is 13.2 Å². The maximum atomic E-state index is 12.4. The Bertz CT molecular complexity index is 964. The van der Waals surface area contributed by atoms with E-state index < -0.39 is 12.3 Å². The Morgan fingerprint density at radius 2 is 1.90 bits per heavy atom. The SMILES string of the molecule is C=CCOC(=O)C1=CC(c2ccc3c(c2)OCO3)CC(OCc2ccc(CO)cc2)O1. The standard InChI is InChI=1S/C24H24O7/c1-2-9-27-24(26)22-11-19(18-7-8-20-21(10-18)30-15-29-20)12-23(31-22)28-14-17-5-3-16(13-25)4-6-17/h2-8,10-11,19,23,25H,1,9,12-15H2. The van der Waals surface area contributed by atoms with Gasteiger partial charge in [-0.3, -0.25) is 0 Å². The molecule has 0 spiro atoms. The van der Waals surface area contributed by atoms with Gasteiger partial charge in [0.25, 0.3) is 0 Å². The Morgan fingerprint density at radius 3 is 2.68 bits per heavy atom. The van der Waals surface area contributed by atoms with Crippen molar-refractivity contribution in [2.45, 2.75) is 31.8 Å². The molecule has 0 radical (unpaired) electrons. The monoisotopic (exact) mass is 424 g/mol. The second kappa shape index (κ2) is 9.68. The minimum absolute atomic E-state index is 0.00887. The summed E-state index contributed by atoms with van der Waals surface area (Å²) in [5.74, 6) is 0.790. The van der Waals surface area contributed by atoms with Crippen LogP contribution in [0, 0.1) is 0 Å². The fraction of sp³-hybridized carbons (Fsp3) is 0.292. The number of aliphatic hydroxyl groups excluding tert-OH is 1. The third kappa shape index (κ3) is 5.07. The van der Waals surface area contributed by atoms with Gasteiger partial charge in [0.15, 0.2) is 11.5 Å². The summed E-state index contributed by atoms with van der Waals surface area (Å²) in [5, 5.41) is 9.18. The van der Waals surface area contributed by atoms with Crippen LogP contribution in [-0.4, -0.2) is 30.8 Å². The molecule has 2 aromatic rings. The summed E-state index contributed by atoms with van der Waals surface area (Å²) in [6.07, 6.45) is 3.13. The van der Waals surface area contributed by atoms with Crippen LogP contribution in [0.5, 0.6) is 11.5 Å². The molecule has 0 amide bonds. The molecule has 162 valence electrons. The number of ether oxygens (including phenoxy) is 5. The maximum Gasteiger partial charge on any atom is 0.373 e. The molecule has 31 heavy (non-hydrogen) atoms. The molecule has 0 fully saturated rings. The van der Waals surface area contributed by atoms with E-state index in [9.17, 15) is 9.90 Å². The van der Waals surface area contributed by atoms with Crippen molar-refractivity contribution in [1.29, 1.82) is 0 Å². The fourth-order valence-electron chi connectivity index (χ4n) is 3.42. The lowest BCUT2D eigenvalue weighted by Crippen LogP contribution is -2.27. The molecule has 2 atom stereocenters. The van der Waals surface area contributed by atoms with Gasteiger partial charge in [0.1, 0.15) is 6.61 Å². The predicted molar refractivity (Wildman–Crippen MR) is 111 cm³/mol. The molecule has 0 aliphatic carbocycles. The van der Waals surface area contributed by atoms with Crippen LogP contribution < -0.4 is 9.47 Å².